The highest BCUT2D eigenvalue weighted by Gasteiger charge is 2.31. The summed E-state index contributed by atoms with van der Waals surface area (Å²) in [4.78, 5) is 28.0. The number of benzene rings is 10. The monoisotopic (exact) mass is 1940 g/mol. The standard InChI is InChI=1S/C18H15S.C16H23OS.C15H22O3.C14H22O2.C14H22O.C10H14O3S.C10H14O.C7H3F5.12CH4/c1-4-10-16(11-5-1)19(17-12-6-2-7-13-17)18-14-8-3-9-15-18;1-3-13(2)14-6-8-15(9-7-14)16(17)12-18-10-4-5-11-18;1-6-15(3,4)14(16)18-11(2)12-7-9-13(17-5)10-8-12;1-5-11(3)13-7-9-14(10-8-13)16-12(4)15-6-2;1-6-11(2)12-7-9-13(10-8-12)15-14(3,4)5;1-3-8(2)9-4-6-10(7-5-9)14(11,12)13;1-3-8(2)9-4-6-10(11)7-5-9;1-2-3(8)5(10)7(12)6(11)4(2)9;;;;;;;;;;;;/h1-15H;6-9,13H,3-5,10-12H2,1-2H3;7-11H,6H2,1-5H3;7-12H,5-6H2,1-4H3;7-11H,6H2,1-5H3;4-8H,3H2,1-2H3,(H,11,12,13);4-8,11H,3H2,1-2H3;1H3;12*1H4/q2*+1;;;;;;;;;;;;;;;;;;/p-1. The third-order valence-electron chi connectivity index (χ3n) is 21.2. The minimum atomic E-state index is -4.30. The van der Waals surface area contributed by atoms with Gasteiger partial charge in [-0.25, -0.2) is 30.4 Å². The van der Waals surface area contributed by atoms with Crippen LogP contribution >= 0.6 is 0 Å². The largest absolute Gasteiger partial charge is 0.744 e. The maximum Gasteiger partial charge on any atom is 0.312 e. The van der Waals surface area contributed by atoms with Crippen LogP contribution in [0.3, 0.4) is 0 Å². The van der Waals surface area contributed by atoms with Crippen molar-refractivity contribution in [3.63, 3.8) is 0 Å². The van der Waals surface area contributed by atoms with Crippen LogP contribution in [0, 0.1) is 41.4 Å². The van der Waals surface area contributed by atoms with Crippen molar-refractivity contribution in [2.75, 3.05) is 31.0 Å². The van der Waals surface area contributed by atoms with Gasteiger partial charge in [0.2, 0.25) is 11.6 Å². The van der Waals surface area contributed by atoms with Crippen molar-refractivity contribution in [3.8, 4) is 23.0 Å². The molecule has 7 atom stereocenters. The Kier molecular flexibility index (Phi) is 78.6. The number of esters is 1. The SMILES string of the molecule is C.C.C.C.C.C.C.C.C.C.C.C.CCC(C)(C)C(=O)OC(C)c1ccc(OC)cc1.CCC(C)c1ccc(C(=O)C[S+]2CCCC2)cc1.CCC(C)c1ccc(O)cc1.CCC(C)c1ccc(OC(C)(C)C)cc1.CCC(C)c1ccc(S(=O)(=O)[O-])cc1.CCOC(C)Oc1ccc(C(C)CC)cc1.Cc1c(F)c(F)c(F)c(F)c1F.c1ccc([S+](c2ccccc2)c2ccccc2)cc1. The molecular formula is C116H182F5O11S3+. The molecule has 1 aliphatic heterocycles. The lowest BCUT2D eigenvalue weighted by atomic mass is 9.90. The number of phenols is 1. The van der Waals surface area contributed by atoms with Crippen LogP contribution in [-0.4, -0.2) is 72.7 Å². The van der Waals surface area contributed by atoms with E-state index in [1.165, 1.54) is 79.8 Å². The Balaban J connectivity index is -0.000000191. The second-order valence-corrected chi connectivity index (χ2v) is 37.8. The van der Waals surface area contributed by atoms with Crippen LogP contribution in [-0.2, 0) is 46.2 Å². The third-order valence-corrected chi connectivity index (χ3v) is 26.7. The normalized spacial score (nSPS) is 12.3. The summed E-state index contributed by atoms with van der Waals surface area (Å²) in [6, 6.07) is 78.3. The molecule has 0 aliphatic carbocycles. The Morgan fingerprint density at radius 2 is 0.733 bits per heavy atom. The molecule has 11 nitrogen and oxygen atoms in total. The highest BCUT2D eigenvalue weighted by Crippen LogP contribution is 2.33. The molecule has 19 heteroatoms. The van der Waals surface area contributed by atoms with E-state index in [2.05, 4.69) is 230 Å². The number of carbonyl (C=O) groups is 2. The van der Waals surface area contributed by atoms with E-state index in [-0.39, 0.29) is 129 Å². The van der Waals surface area contributed by atoms with Crippen LogP contribution in [0.1, 0.15) is 357 Å². The van der Waals surface area contributed by atoms with Crippen LogP contribution in [0.15, 0.2) is 256 Å². The van der Waals surface area contributed by atoms with Crippen LogP contribution in [0.2, 0.25) is 0 Å². The molecular weight excluding hydrogens is 1760 g/mol. The van der Waals surface area contributed by atoms with Crippen molar-refractivity contribution in [1.29, 1.82) is 0 Å². The number of ether oxygens (including phenoxy) is 5. The molecule has 0 saturated carbocycles. The fourth-order valence-electron chi connectivity index (χ4n) is 11.8. The van der Waals surface area contributed by atoms with Gasteiger partial charge in [0.05, 0.1) is 28.3 Å². The molecule has 764 valence electrons. The van der Waals surface area contributed by atoms with Crippen molar-refractivity contribution < 1.29 is 73.3 Å². The van der Waals surface area contributed by atoms with E-state index in [0.29, 0.717) is 58.6 Å². The first-order valence-electron chi connectivity index (χ1n) is 42.8. The highest BCUT2D eigenvalue weighted by molar-refractivity contribution is 7.97. The Bertz CT molecular complexity index is 4550. The Labute approximate surface area is 827 Å². The molecule has 1 fully saturated rings. The lowest BCUT2D eigenvalue weighted by Gasteiger charge is -2.23. The Morgan fingerprint density at radius 3 is 1.04 bits per heavy atom. The fraction of sp³-hybridized carbons (Fsp3) is 0.466. The van der Waals surface area contributed by atoms with Gasteiger partial charge < -0.3 is 33.3 Å². The van der Waals surface area contributed by atoms with Gasteiger partial charge in [-0.15, -0.1) is 0 Å². The maximum atomic E-state index is 12.4. The van der Waals surface area contributed by atoms with E-state index in [1.54, 1.807) is 31.4 Å². The molecule has 10 aromatic carbocycles. The average molecular weight is 1940 g/mol. The van der Waals surface area contributed by atoms with E-state index in [0.717, 1.165) is 78.7 Å². The van der Waals surface area contributed by atoms with Gasteiger partial charge in [0.25, 0.3) is 0 Å². The number of aromatic hydroxyl groups is 1. The average Bonchev–Trinajstić information content (AvgIpc) is 0.981. The van der Waals surface area contributed by atoms with Gasteiger partial charge >= 0.3 is 5.97 Å². The molecule has 7 unspecified atom stereocenters. The summed E-state index contributed by atoms with van der Waals surface area (Å²) in [5.74, 6) is -0.232. The number of halogens is 5. The van der Waals surface area contributed by atoms with Gasteiger partial charge in [0, 0.05) is 17.7 Å². The van der Waals surface area contributed by atoms with Gasteiger partial charge in [-0.3, -0.25) is 9.59 Å². The summed E-state index contributed by atoms with van der Waals surface area (Å²) in [6.07, 6.45) is 8.61. The molecule has 0 aromatic heterocycles. The first-order chi connectivity index (χ1) is 58.3. The van der Waals surface area contributed by atoms with Crippen molar-refractivity contribution in [2.45, 2.75) is 346 Å². The predicted octanol–water partition coefficient (Wildman–Crippen LogP) is 36.0. The van der Waals surface area contributed by atoms with Crippen molar-refractivity contribution in [1.82, 2.24) is 0 Å². The number of hydrogen-bond donors (Lipinski definition) is 1. The zero-order chi connectivity index (χ0) is 91.6. The van der Waals surface area contributed by atoms with Crippen molar-refractivity contribution in [2.24, 2.45) is 5.41 Å². The van der Waals surface area contributed by atoms with E-state index in [4.69, 9.17) is 28.8 Å². The van der Waals surface area contributed by atoms with Gasteiger partial charge in [0.1, 0.15) is 56.3 Å². The Hall–Kier alpha value is -9.24. The Morgan fingerprint density at radius 1 is 0.430 bits per heavy atom. The fourth-order valence-corrected chi connectivity index (χ4v) is 16.7. The van der Waals surface area contributed by atoms with Crippen LogP contribution < -0.4 is 14.2 Å². The van der Waals surface area contributed by atoms with E-state index in [9.17, 15) is 44.5 Å². The molecule has 0 amide bonds. The molecule has 1 N–H and O–H groups in total. The second-order valence-electron chi connectivity index (χ2n) is 32.1. The number of methoxy groups -OCH3 is 1. The summed E-state index contributed by atoms with van der Waals surface area (Å²) in [5, 5.41) is 9.01. The first kappa shape index (κ1) is 144. The summed E-state index contributed by atoms with van der Waals surface area (Å²) >= 11 is 0. The zero-order valence-corrected chi connectivity index (χ0v) is 78.6. The smallest absolute Gasteiger partial charge is 0.312 e. The zero-order valence-electron chi connectivity index (χ0n) is 76.2. The quantitative estimate of drug-likeness (QED) is 0.00763. The van der Waals surface area contributed by atoms with Crippen LogP contribution in [0.4, 0.5) is 22.0 Å². The van der Waals surface area contributed by atoms with E-state index >= 15 is 0 Å². The first-order valence-corrected chi connectivity index (χ1v) is 47.2. The highest BCUT2D eigenvalue weighted by atomic mass is 32.2. The summed E-state index contributed by atoms with van der Waals surface area (Å²) in [6.45, 7) is 41.0. The van der Waals surface area contributed by atoms with Gasteiger partial charge in [-0.2, -0.15) is 0 Å². The summed E-state index contributed by atoms with van der Waals surface area (Å²) < 4.78 is 121. The lowest BCUT2D eigenvalue weighted by Crippen LogP contribution is -2.26. The van der Waals surface area contributed by atoms with Gasteiger partial charge in [0.15, 0.2) is 50.0 Å². The number of Topliss-reactive ketones (excluding diaryl/α,β-unsaturated/α-hetero) is 1. The topological polar surface area (TPSA) is 158 Å². The number of phenolic OH excluding ortho intramolecular Hbond substituents is 1. The molecule has 1 saturated heterocycles. The molecule has 135 heavy (non-hydrogen) atoms. The summed E-state index contributed by atoms with van der Waals surface area (Å²) in [7, 11) is -2.31. The van der Waals surface area contributed by atoms with Crippen molar-refractivity contribution in [3.05, 3.63) is 310 Å². The van der Waals surface area contributed by atoms with E-state index < -0.39 is 50.2 Å². The number of ketones is 1. The minimum absolute atomic E-state index is 0. The van der Waals surface area contributed by atoms with Crippen LogP contribution in [0.5, 0.6) is 23.0 Å². The molecule has 1 aliphatic rings. The molecule has 10 aromatic rings. The van der Waals surface area contributed by atoms with E-state index in [1.807, 2.05) is 102 Å². The summed E-state index contributed by atoms with van der Waals surface area (Å²) in [5.41, 5.74) is 6.91. The van der Waals surface area contributed by atoms with Crippen molar-refractivity contribution >= 4 is 43.7 Å². The molecule has 0 spiro atoms. The number of carbonyl (C=O) groups excluding carboxylic acids is 2. The minimum Gasteiger partial charge on any atom is -0.744 e. The number of hydrogen-bond acceptors (Lipinski definition) is 11. The molecule has 0 bridgehead atoms. The third kappa shape index (κ3) is 50.6. The second kappa shape index (κ2) is 73.9. The van der Waals surface area contributed by atoms with Crippen LogP contribution in [0.25, 0.3) is 0 Å². The lowest BCUT2D eigenvalue weighted by molar-refractivity contribution is -0.159. The van der Waals surface area contributed by atoms with Gasteiger partial charge in [-0.1, -0.05) is 305 Å². The maximum absolute atomic E-state index is 12.4. The molecule has 1 heterocycles. The number of rotatable bonds is 27. The molecule has 11 rings (SSSR count). The predicted molar refractivity (Wildman–Crippen MR) is 578 cm³/mol. The van der Waals surface area contributed by atoms with Gasteiger partial charge in [-0.05, 0) is 285 Å². The molecule has 0 radical (unpaired) electrons.